The first-order valence-electron chi connectivity index (χ1n) is 7.65. The van der Waals surface area contributed by atoms with Crippen LogP contribution in [0.2, 0.25) is 0 Å². The highest BCUT2D eigenvalue weighted by Crippen LogP contribution is 2.35. The largest absolute Gasteiger partial charge is 0.381 e. The minimum absolute atomic E-state index is 0.00522. The number of benzene rings is 1. The fourth-order valence-corrected chi connectivity index (χ4v) is 4.84. The Balaban J connectivity index is 2.00. The predicted molar refractivity (Wildman–Crippen MR) is 87.4 cm³/mol. The number of aromatic nitrogens is 2. The minimum Gasteiger partial charge on any atom is -0.381 e. The standard InChI is InChI=1S/C16H17N3O5S/c20-15(19-21)16(5-9-24-10-6-16)25(22,23)13-3-1-12(2-4-13)14-11-17-7-8-18-14/h1-4,7-8,11,21H,5-6,9-10H2,(H,19,20). The van der Waals surface area contributed by atoms with Crippen molar-refractivity contribution >= 4 is 15.7 Å². The van der Waals surface area contributed by atoms with Crippen LogP contribution in [0, 0.1) is 0 Å². The number of amides is 1. The third kappa shape index (κ3) is 3.01. The first-order valence-corrected chi connectivity index (χ1v) is 9.13. The molecule has 132 valence electrons. The van der Waals surface area contributed by atoms with Crippen LogP contribution in [0.25, 0.3) is 11.3 Å². The van der Waals surface area contributed by atoms with Crippen molar-refractivity contribution in [2.45, 2.75) is 22.5 Å². The molecule has 0 unspecified atom stereocenters. The Kier molecular flexibility index (Phi) is 4.80. The normalized spacial score (nSPS) is 17.0. The van der Waals surface area contributed by atoms with Crippen molar-refractivity contribution in [1.29, 1.82) is 0 Å². The van der Waals surface area contributed by atoms with Crippen LogP contribution in [0.15, 0.2) is 47.8 Å². The van der Waals surface area contributed by atoms with Crippen LogP contribution >= 0.6 is 0 Å². The summed E-state index contributed by atoms with van der Waals surface area (Å²) in [5, 5.41) is 9.04. The van der Waals surface area contributed by atoms with Crippen LogP contribution in [0.1, 0.15) is 12.8 Å². The summed E-state index contributed by atoms with van der Waals surface area (Å²) < 4.78 is 29.6. The van der Waals surface area contributed by atoms with Crippen molar-refractivity contribution in [3.8, 4) is 11.3 Å². The SMILES string of the molecule is O=C(NO)C1(S(=O)(=O)c2ccc(-c3cnccn3)cc2)CCOCC1. The molecule has 0 atom stereocenters. The Morgan fingerprint density at radius 3 is 2.40 bits per heavy atom. The number of nitrogens with one attached hydrogen (secondary N) is 1. The van der Waals surface area contributed by atoms with Gasteiger partial charge in [-0.1, -0.05) is 12.1 Å². The van der Waals surface area contributed by atoms with Crippen LogP contribution in [0.5, 0.6) is 0 Å². The van der Waals surface area contributed by atoms with Crippen molar-refractivity contribution in [2.24, 2.45) is 0 Å². The molecule has 8 nitrogen and oxygen atoms in total. The van der Waals surface area contributed by atoms with E-state index in [0.717, 1.165) is 0 Å². The Labute approximate surface area is 144 Å². The van der Waals surface area contributed by atoms with Crippen molar-refractivity contribution in [3.63, 3.8) is 0 Å². The molecule has 3 rings (SSSR count). The van der Waals surface area contributed by atoms with Crippen molar-refractivity contribution in [2.75, 3.05) is 13.2 Å². The number of carbonyl (C=O) groups excluding carboxylic acids is 1. The number of ether oxygens (including phenoxy) is 1. The van der Waals surface area contributed by atoms with Crippen molar-refractivity contribution in [3.05, 3.63) is 42.9 Å². The molecule has 2 N–H and O–H groups in total. The van der Waals surface area contributed by atoms with Gasteiger partial charge in [-0.2, -0.15) is 0 Å². The fraction of sp³-hybridized carbons (Fsp3) is 0.312. The lowest BCUT2D eigenvalue weighted by Gasteiger charge is -2.34. The molecule has 0 bridgehead atoms. The van der Waals surface area contributed by atoms with E-state index in [-0.39, 0.29) is 31.0 Å². The molecule has 1 aliphatic heterocycles. The predicted octanol–water partition coefficient (Wildman–Crippen LogP) is 0.972. The molecule has 1 amide bonds. The molecule has 25 heavy (non-hydrogen) atoms. The summed E-state index contributed by atoms with van der Waals surface area (Å²) in [4.78, 5) is 20.3. The number of hydroxylamine groups is 1. The average Bonchev–Trinajstić information content (AvgIpc) is 2.68. The lowest BCUT2D eigenvalue weighted by molar-refractivity contribution is -0.134. The van der Waals surface area contributed by atoms with Crippen molar-refractivity contribution < 1.29 is 23.2 Å². The van der Waals surface area contributed by atoms with Gasteiger partial charge in [-0.15, -0.1) is 0 Å². The van der Waals surface area contributed by atoms with Crippen LogP contribution < -0.4 is 5.48 Å². The Morgan fingerprint density at radius 2 is 1.84 bits per heavy atom. The van der Waals surface area contributed by atoms with Crippen LogP contribution in [0.4, 0.5) is 0 Å². The maximum absolute atomic E-state index is 13.1. The van der Waals surface area contributed by atoms with Gasteiger partial charge in [-0.05, 0) is 25.0 Å². The summed E-state index contributed by atoms with van der Waals surface area (Å²) in [7, 11) is -4.02. The molecule has 1 aromatic heterocycles. The van der Waals surface area contributed by atoms with E-state index in [0.29, 0.717) is 11.3 Å². The smallest absolute Gasteiger partial charge is 0.265 e. The lowest BCUT2D eigenvalue weighted by atomic mass is 9.98. The van der Waals surface area contributed by atoms with Crippen LogP contribution in [-0.4, -0.2) is 47.5 Å². The molecule has 0 radical (unpaired) electrons. The zero-order valence-electron chi connectivity index (χ0n) is 13.3. The second kappa shape index (κ2) is 6.87. The summed E-state index contributed by atoms with van der Waals surface area (Å²) >= 11 is 0. The third-order valence-corrected chi connectivity index (χ3v) is 6.87. The van der Waals surface area contributed by atoms with Gasteiger partial charge in [0, 0.05) is 31.2 Å². The second-order valence-corrected chi connectivity index (χ2v) is 7.93. The topological polar surface area (TPSA) is 118 Å². The van der Waals surface area contributed by atoms with Gasteiger partial charge in [0.2, 0.25) is 0 Å². The molecule has 1 aliphatic rings. The zero-order chi connectivity index (χ0) is 17.9. The lowest BCUT2D eigenvalue weighted by Crippen LogP contribution is -2.54. The number of nitrogens with zero attached hydrogens (tertiary/aromatic N) is 2. The van der Waals surface area contributed by atoms with Crippen LogP contribution in [-0.2, 0) is 19.4 Å². The van der Waals surface area contributed by atoms with E-state index < -0.39 is 20.5 Å². The van der Waals surface area contributed by atoms with Gasteiger partial charge in [-0.3, -0.25) is 20.0 Å². The van der Waals surface area contributed by atoms with Gasteiger partial charge in [0.1, 0.15) is 0 Å². The molecule has 2 heterocycles. The van der Waals surface area contributed by atoms with Crippen LogP contribution in [0.3, 0.4) is 0 Å². The monoisotopic (exact) mass is 363 g/mol. The summed E-state index contributed by atoms with van der Waals surface area (Å²) in [6.45, 7) is 0.259. The highest BCUT2D eigenvalue weighted by Gasteiger charge is 2.52. The highest BCUT2D eigenvalue weighted by atomic mass is 32.2. The van der Waals surface area contributed by atoms with Gasteiger partial charge in [-0.25, -0.2) is 13.9 Å². The Morgan fingerprint density at radius 1 is 1.16 bits per heavy atom. The fourth-order valence-electron chi connectivity index (χ4n) is 2.90. The second-order valence-electron chi connectivity index (χ2n) is 5.67. The molecular formula is C16H17N3O5S. The molecular weight excluding hydrogens is 346 g/mol. The average molecular weight is 363 g/mol. The molecule has 1 aromatic carbocycles. The number of rotatable bonds is 4. The number of sulfone groups is 1. The van der Waals surface area contributed by atoms with E-state index in [9.17, 15) is 13.2 Å². The van der Waals surface area contributed by atoms with E-state index in [2.05, 4.69) is 9.97 Å². The Hall–Kier alpha value is -2.36. The summed E-state index contributed by atoms with van der Waals surface area (Å²) in [6, 6.07) is 6.09. The van der Waals surface area contributed by atoms with E-state index in [4.69, 9.17) is 9.94 Å². The zero-order valence-corrected chi connectivity index (χ0v) is 14.1. The number of hydrogen-bond donors (Lipinski definition) is 2. The minimum atomic E-state index is -4.02. The van der Waals surface area contributed by atoms with Gasteiger partial charge in [0.15, 0.2) is 14.6 Å². The molecule has 0 aliphatic carbocycles. The Bertz CT molecular complexity index is 847. The van der Waals surface area contributed by atoms with Gasteiger partial charge in [0.05, 0.1) is 16.8 Å². The summed E-state index contributed by atoms with van der Waals surface area (Å²) in [5.74, 6) is -0.936. The third-order valence-electron chi connectivity index (χ3n) is 4.35. The first kappa shape index (κ1) is 17.5. The van der Waals surface area contributed by atoms with E-state index in [1.165, 1.54) is 17.6 Å². The van der Waals surface area contributed by atoms with Gasteiger partial charge in [0.25, 0.3) is 5.91 Å². The van der Waals surface area contributed by atoms with E-state index >= 15 is 0 Å². The van der Waals surface area contributed by atoms with E-state index in [1.54, 1.807) is 30.7 Å². The quantitative estimate of drug-likeness (QED) is 0.614. The molecule has 9 heteroatoms. The molecule has 1 fully saturated rings. The summed E-state index contributed by atoms with van der Waals surface area (Å²) in [6.07, 6.45) is 4.62. The van der Waals surface area contributed by atoms with Gasteiger partial charge < -0.3 is 4.74 Å². The molecule has 2 aromatic rings. The first-order chi connectivity index (χ1) is 12.0. The maximum Gasteiger partial charge on any atom is 0.265 e. The van der Waals surface area contributed by atoms with E-state index in [1.807, 2.05) is 0 Å². The van der Waals surface area contributed by atoms with Crippen molar-refractivity contribution in [1.82, 2.24) is 15.4 Å². The molecule has 0 saturated carbocycles. The highest BCUT2D eigenvalue weighted by molar-refractivity contribution is 7.93. The maximum atomic E-state index is 13.1. The number of hydrogen-bond acceptors (Lipinski definition) is 7. The summed E-state index contributed by atoms with van der Waals surface area (Å²) in [5.41, 5.74) is 2.82. The van der Waals surface area contributed by atoms with Gasteiger partial charge >= 0.3 is 0 Å². The number of carbonyl (C=O) groups is 1. The molecule has 0 spiro atoms. The molecule has 1 saturated heterocycles.